The van der Waals surface area contributed by atoms with Gasteiger partial charge in [0.25, 0.3) is 5.91 Å². The lowest BCUT2D eigenvalue weighted by molar-refractivity contribution is 0.102. The molecule has 0 fully saturated rings. The van der Waals surface area contributed by atoms with Crippen molar-refractivity contribution in [3.05, 3.63) is 75.5 Å². The molecule has 28 heavy (non-hydrogen) atoms. The summed E-state index contributed by atoms with van der Waals surface area (Å²) in [4.78, 5) is 29.3. The van der Waals surface area contributed by atoms with E-state index in [9.17, 15) is 9.59 Å². The van der Waals surface area contributed by atoms with Gasteiger partial charge in [-0.2, -0.15) is 0 Å². The summed E-state index contributed by atoms with van der Waals surface area (Å²) in [6, 6.07) is 12.1. The third-order valence-corrected chi connectivity index (χ3v) is 4.43. The number of nitrogens with zero attached hydrogens (tertiary/aromatic N) is 1. The molecule has 0 aliphatic carbocycles. The maximum atomic E-state index is 12.6. The number of hydrogen-bond donors (Lipinski definition) is 3. The zero-order valence-electron chi connectivity index (χ0n) is 15.3. The fourth-order valence-corrected chi connectivity index (χ4v) is 2.90. The molecule has 0 aliphatic heterocycles. The molecule has 8 nitrogen and oxygen atoms in total. The summed E-state index contributed by atoms with van der Waals surface area (Å²) in [5.41, 5.74) is 3.72. The fourth-order valence-electron chi connectivity index (χ4n) is 2.90. The van der Waals surface area contributed by atoms with Crippen LogP contribution in [-0.2, 0) is 6.61 Å². The number of hydrogen-bond acceptors (Lipinski definition) is 5. The number of aromatic nitrogens is 3. The normalized spacial score (nSPS) is 10.9. The first kappa shape index (κ1) is 17.6. The summed E-state index contributed by atoms with van der Waals surface area (Å²) >= 11 is 0. The van der Waals surface area contributed by atoms with Crippen molar-refractivity contribution in [2.75, 3.05) is 5.32 Å². The minimum Gasteiger partial charge on any atom is -0.489 e. The third kappa shape index (κ3) is 3.52. The molecule has 0 saturated heterocycles. The first-order chi connectivity index (χ1) is 13.5. The smallest absolute Gasteiger partial charge is 0.323 e. The molecule has 1 amide bonds. The topological polar surface area (TPSA) is 113 Å². The molecule has 2 aromatic heterocycles. The predicted molar refractivity (Wildman–Crippen MR) is 104 cm³/mol. The van der Waals surface area contributed by atoms with E-state index in [2.05, 4.69) is 20.4 Å². The number of rotatable bonds is 5. The van der Waals surface area contributed by atoms with E-state index in [4.69, 9.17) is 9.26 Å². The van der Waals surface area contributed by atoms with Crippen LogP contribution in [0.5, 0.6) is 5.75 Å². The minimum atomic E-state index is -0.290. The molecule has 0 bridgehead atoms. The molecule has 0 spiro atoms. The molecule has 0 saturated carbocycles. The molecule has 0 aliphatic rings. The lowest BCUT2D eigenvalue weighted by atomic mass is 10.2. The quantitative estimate of drug-likeness (QED) is 0.493. The van der Waals surface area contributed by atoms with Gasteiger partial charge in [0, 0.05) is 11.3 Å². The average molecular weight is 378 g/mol. The van der Waals surface area contributed by atoms with Crippen LogP contribution in [0.15, 0.2) is 51.8 Å². The van der Waals surface area contributed by atoms with Crippen molar-refractivity contribution in [2.45, 2.75) is 20.5 Å². The van der Waals surface area contributed by atoms with Crippen LogP contribution in [0.3, 0.4) is 0 Å². The van der Waals surface area contributed by atoms with Gasteiger partial charge in [0.05, 0.1) is 22.3 Å². The van der Waals surface area contributed by atoms with Gasteiger partial charge in [-0.15, -0.1) is 0 Å². The third-order valence-electron chi connectivity index (χ3n) is 4.43. The summed E-state index contributed by atoms with van der Waals surface area (Å²) in [7, 11) is 0. The largest absolute Gasteiger partial charge is 0.489 e. The Labute approximate surface area is 159 Å². The minimum absolute atomic E-state index is 0.278. The second-order valence-corrected chi connectivity index (χ2v) is 6.41. The van der Waals surface area contributed by atoms with Gasteiger partial charge >= 0.3 is 5.69 Å². The Kier molecular flexibility index (Phi) is 4.44. The number of imidazole rings is 1. The molecule has 8 heteroatoms. The molecular formula is C20H18N4O4. The Morgan fingerprint density at radius 3 is 2.75 bits per heavy atom. The number of amides is 1. The SMILES string of the molecule is Cc1noc(C)c1COc1cccc(C(=O)Nc2ccc3[nH]c(=O)[nH]c3c2)c1. The van der Waals surface area contributed by atoms with E-state index in [1.165, 1.54) is 0 Å². The summed E-state index contributed by atoms with van der Waals surface area (Å²) in [6.07, 6.45) is 0. The molecule has 4 rings (SSSR count). The van der Waals surface area contributed by atoms with E-state index >= 15 is 0 Å². The Balaban J connectivity index is 1.48. The van der Waals surface area contributed by atoms with Crippen LogP contribution in [-0.4, -0.2) is 21.0 Å². The van der Waals surface area contributed by atoms with Crippen molar-refractivity contribution in [1.29, 1.82) is 0 Å². The van der Waals surface area contributed by atoms with Crippen molar-refractivity contribution < 1.29 is 14.1 Å². The van der Waals surface area contributed by atoms with E-state index in [0.717, 1.165) is 11.3 Å². The van der Waals surface area contributed by atoms with Crippen LogP contribution in [0.25, 0.3) is 11.0 Å². The summed E-state index contributed by atoms with van der Waals surface area (Å²) in [6.45, 7) is 3.99. The van der Waals surface area contributed by atoms with Gasteiger partial charge in [0.1, 0.15) is 18.1 Å². The average Bonchev–Trinajstić information content (AvgIpc) is 3.21. The van der Waals surface area contributed by atoms with E-state index < -0.39 is 0 Å². The maximum Gasteiger partial charge on any atom is 0.323 e. The van der Waals surface area contributed by atoms with Crippen LogP contribution >= 0.6 is 0 Å². The Morgan fingerprint density at radius 2 is 1.96 bits per heavy atom. The van der Waals surface area contributed by atoms with Crippen molar-refractivity contribution in [3.63, 3.8) is 0 Å². The van der Waals surface area contributed by atoms with E-state index in [0.29, 0.717) is 40.4 Å². The number of carbonyl (C=O) groups excluding carboxylic acids is 1. The molecule has 3 N–H and O–H groups in total. The number of aromatic amines is 2. The van der Waals surface area contributed by atoms with Crippen LogP contribution in [0, 0.1) is 13.8 Å². The van der Waals surface area contributed by atoms with Crippen LogP contribution < -0.4 is 15.7 Å². The number of aryl methyl sites for hydroxylation is 2. The molecule has 0 atom stereocenters. The standard InChI is InChI=1S/C20H18N4O4/c1-11-16(12(2)28-24-11)10-27-15-5-3-4-13(8-15)19(25)21-14-6-7-17-18(9-14)23-20(26)22-17/h3-9H,10H2,1-2H3,(H,21,25)(H2,22,23,26). The van der Waals surface area contributed by atoms with Gasteiger partial charge in [-0.3, -0.25) is 4.79 Å². The van der Waals surface area contributed by atoms with Gasteiger partial charge in [-0.25, -0.2) is 4.79 Å². The van der Waals surface area contributed by atoms with Crippen molar-refractivity contribution in [3.8, 4) is 5.75 Å². The zero-order valence-corrected chi connectivity index (χ0v) is 15.3. The Bertz CT molecular complexity index is 1200. The highest BCUT2D eigenvalue weighted by Gasteiger charge is 2.11. The molecule has 0 unspecified atom stereocenters. The lowest BCUT2D eigenvalue weighted by Crippen LogP contribution is -2.12. The molecule has 2 aromatic carbocycles. The highest BCUT2D eigenvalue weighted by molar-refractivity contribution is 6.05. The molecule has 142 valence electrons. The van der Waals surface area contributed by atoms with Crippen LogP contribution in [0.2, 0.25) is 0 Å². The first-order valence-electron chi connectivity index (χ1n) is 8.67. The summed E-state index contributed by atoms with van der Waals surface area (Å²) in [5, 5.41) is 6.72. The number of ether oxygens (including phenoxy) is 1. The molecular weight excluding hydrogens is 360 g/mol. The number of nitrogens with one attached hydrogen (secondary N) is 3. The number of carbonyl (C=O) groups is 1. The van der Waals surface area contributed by atoms with Crippen molar-refractivity contribution in [2.24, 2.45) is 0 Å². The van der Waals surface area contributed by atoms with Gasteiger partial charge < -0.3 is 24.5 Å². The highest BCUT2D eigenvalue weighted by atomic mass is 16.5. The molecule has 4 aromatic rings. The maximum absolute atomic E-state index is 12.6. The number of anilines is 1. The zero-order chi connectivity index (χ0) is 19.7. The second-order valence-electron chi connectivity index (χ2n) is 6.41. The lowest BCUT2D eigenvalue weighted by Gasteiger charge is -2.09. The van der Waals surface area contributed by atoms with Crippen LogP contribution in [0.1, 0.15) is 27.4 Å². The van der Waals surface area contributed by atoms with Gasteiger partial charge in [0.15, 0.2) is 0 Å². The van der Waals surface area contributed by atoms with E-state index in [1.54, 1.807) is 42.5 Å². The second kappa shape index (κ2) is 7.07. The molecule has 0 radical (unpaired) electrons. The van der Waals surface area contributed by atoms with Crippen LogP contribution in [0.4, 0.5) is 5.69 Å². The number of fused-ring (bicyclic) bond motifs is 1. The van der Waals surface area contributed by atoms with E-state index in [1.807, 2.05) is 13.8 Å². The monoisotopic (exact) mass is 378 g/mol. The summed E-state index contributed by atoms with van der Waals surface area (Å²) < 4.78 is 10.9. The Morgan fingerprint density at radius 1 is 1.14 bits per heavy atom. The fraction of sp³-hybridized carbons (Fsp3) is 0.150. The number of H-pyrrole nitrogens is 2. The van der Waals surface area contributed by atoms with Gasteiger partial charge in [-0.1, -0.05) is 11.2 Å². The highest BCUT2D eigenvalue weighted by Crippen LogP contribution is 2.20. The molecule has 2 heterocycles. The number of benzene rings is 2. The van der Waals surface area contributed by atoms with Gasteiger partial charge in [0.2, 0.25) is 0 Å². The van der Waals surface area contributed by atoms with Crippen molar-refractivity contribution in [1.82, 2.24) is 15.1 Å². The Hall–Kier alpha value is -3.81. The predicted octanol–water partition coefficient (Wildman–Crippen LogP) is 3.29. The first-order valence-corrected chi connectivity index (χ1v) is 8.67. The van der Waals surface area contributed by atoms with Crippen molar-refractivity contribution >= 4 is 22.6 Å². The van der Waals surface area contributed by atoms with Gasteiger partial charge in [-0.05, 0) is 50.2 Å². The van der Waals surface area contributed by atoms with E-state index in [-0.39, 0.29) is 11.6 Å². The summed E-state index contributed by atoms with van der Waals surface area (Å²) in [5.74, 6) is 1.00.